The number of allylic oxidation sites excluding steroid dienone is 2. The van der Waals surface area contributed by atoms with Gasteiger partial charge in [0.15, 0.2) is 5.78 Å². The lowest BCUT2D eigenvalue weighted by molar-refractivity contribution is -0.111. The fraction of sp³-hybridized carbons (Fsp3) is 0.211. The lowest BCUT2D eigenvalue weighted by Crippen LogP contribution is -2.15. The van der Waals surface area contributed by atoms with Gasteiger partial charge in [-0.1, -0.05) is 18.2 Å². The van der Waals surface area contributed by atoms with E-state index in [0.29, 0.717) is 11.1 Å². The molecule has 2 aromatic carbocycles. The van der Waals surface area contributed by atoms with Gasteiger partial charge >= 0.3 is 0 Å². The number of nitrogens with one attached hydrogen (secondary N) is 1. The second-order valence-corrected chi connectivity index (χ2v) is 7.71. The molecular weight excluding hydrogens is 354 g/mol. The number of aromatic hydroxyl groups is 1. The van der Waals surface area contributed by atoms with Gasteiger partial charge in [-0.15, -0.1) is 0 Å². The predicted octanol–water partition coefficient (Wildman–Crippen LogP) is 3.69. The van der Waals surface area contributed by atoms with Gasteiger partial charge < -0.3 is 10.2 Å². The van der Waals surface area contributed by atoms with E-state index in [4.69, 9.17) is 0 Å². The summed E-state index contributed by atoms with van der Waals surface area (Å²) in [6.45, 7) is 5.77. The van der Waals surface area contributed by atoms with Crippen LogP contribution < -0.4 is 4.72 Å². The van der Waals surface area contributed by atoms with Crippen LogP contribution in [0.1, 0.15) is 30.5 Å². The summed E-state index contributed by atoms with van der Waals surface area (Å²) >= 11 is 0. The van der Waals surface area contributed by atoms with Gasteiger partial charge in [0.1, 0.15) is 11.5 Å². The van der Waals surface area contributed by atoms with Crippen molar-refractivity contribution < 1.29 is 23.4 Å². The number of aryl methyl sites for hydroxylation is 1. The number of hydrogen-bond acceptors (Lipinski definition) is 5. The third-order valence-electron chi connectivity index (χ3n) is 4.01. The van der Waals surface area contributed by atoms with E-state index in [1.807, 2.05) is 0 Å². The van der Waals surface area contributed by atoms with Gasteiger partial charge in [-0.05, 0) is 57.0 Å². The maximum absolute atomic E-state index is 12.6. The van der Waals surface area contributed by atoms with Gasteiger partial charge in [0.2, 0.25) is 0 Å². The molecule has 0 amide bonds. The van der Waals surface area contributed by atoms with Crippen molar-refractivity contribution in [3.63, 3.8) is 0 Å². The highest BCUT2D eigenvalue weighted by Gasteiger charge is 2.23. The number of hydrogen-bond donors (Lipinski definition) is 3. The Morgan fingerprint density at radius 3 is 2.15 bits per heavy atom. The minimum atomic E-state index is -3.84. The van der Waals surface area contributed by atoms with Crippen molar-refractivity contribution in [2.24, 2.45) is 0 Å². The number of phenolic OH excluding ortho intramolecular Hbond substituents is 1. The van der Waals surface area contributed by atoms with Crippen molar-refractivity contribution >= 4 is 27.1 Å². The van der Waals surface area contributed by atoms with Gasteiger partial charge in [0, 0.05) is 5.56 Å². The number of aliphatic hydroxyl groups is 1. The average molecular weight is 375 g/mol. The van der Waals surface area contributed by atoms with Crippen molar-refractivity contribution in [3.05, 3.63) is 58.8 Å². The molecule has 7 heteroatoms. The molecule has 26 heavy (non-hydrogen) atoms. The van der Waals surface area contributed by atoms with Crippen LogP contribution in [0.5, 0.6) is 5.75 Å². The second-order valence-electron chi connectivity index (χ2n) is 6.02. The van der Waals surface area contributed by atoms with Crippen molar-refractivity contribution in [1.82, 2.24) is 0 Å². The van der Waals surface area contributed by atoms with Gasteiger partial charge in [0.05, 0.1) is 16.2 Å². The van der Waals surface area contributed by atoms with E-state index in [1.54, 1.807) is 32.0 Å². The Bertz CT molecular complexity index is 988. The first kappa shape index (κ1) is 19.5. The molecule has 0 aliphatic carbocycles. The molecule has 2 aromatic rings. The summed E-state index contributed by atoms with van der Waals surface area (Å²) in [7, 11) is -3.84. The van der Waals surface area contributed by atoms with Crippen LogP contribution in [0.3, 0.4) is 0 Å². The number of sulfonamides is 1. The zero-order valence-corrected chi connectivity index (χ0v) is 15.8. The van der Waals surface area contributed by atoms with E-state index >= 15 is 0 Å². The Balaban J connectivity index is 2.67. The molecule has 0 aromatic heterocycles. The molecule has 3 N–H and O–H groups in total. The second kappa shape index (κ2) is 7.21. The normalized spacial score (nSPS) is 12.5. The Morgan fingerprint density at radius 1 is 1.08 bits per heavy atom. The van der Waals surface area contributed by atoms with Crippen LogP contribution in [0.15, 0.2) is 47.1 Å². The van der Waals surface area contributed by atoms with Crippen LogP contribution in [0, 0.1) is 13.8 Å². The van der Waals surface area contributed by atoms with E-state index in [9.17, 15) is 23.4 Å². The molecule has 6 nitrogen and oxygen atoms in total. The predicted molar refractivity (Wildman–Crippen MR) is 101 cm³/mol. The zero-order chi connectivity index (χ0) is 19.6. The molecule has 0 spiro atoms. The van der Waals surface area contributed by atoms with Crippen LogP contribution in [-0.4, -0.2) is 24.4 Å². The van der Waals surface area contributed by atoms with E-state index in [0.717, 1.165) is 0 Å². The van der Waals surface area contributed by atoms with Gasteiger partial charge in [-0.2, -0.15) is 0 Å². The summed E-state index contributed by atoms with van der Waals surface area (Å²) in [6, 6.07) is 9.34. The van der Waals surface area contributed by atoms with Gasteiger partial charge in [0.25, 0.3) is 10.0 Å². The summed E-state index contributed by atoms with van der Waals surface area (Å²) in [5, 5.41) is 20.3. The molecule has 138 valence electrons. The minimum absolute atomic E-state index is 0.0520. The van der Waals surface area contributed by atoms with Crippen LogP contribution in [-0.2, 0) is 14.8 Å². The summed E-state index contributed by atoms with van der Waals surface area (Å²) in [5.74, 6) is -0.868. The maximum atomic E-state index is 12.6. The average Bonchev–Trinajstić information content (AvgIpc) is 2.56. The molecule has 0 saturated carbocycles. The van der Waals surface area contributed by atoms with Gasteiger partial charge in [-0.3, -0.25) is 9.52 Å². The SMILES string of the molecule is CC(=O)C(=C(C)O)c1c(C)c(NS(=O)(=O)c2ccccc2)cc(C)c1O. The highest BCUT2D eigenvalue weighted by atomic mass is 32.2. The van der Waals surface area contributed by atoms with E-state index in [-0.39, 0.29) is 33.2 Å². The minimum Gasteiger partial charge on any atom is -0.512 e. The lowest BCUT2D eigenvalue weighted by atomic mass is 9.92. The quantitative estimate of drug-likeness (QED) is 0.420. The fourth-order valence-electron chi connectivity index (χ4n) is 2.73. The Kier molecular flexibility index (Phi) is 5.41. The Morgan fingerprint density at radius 2 is 1.65 bits per heavy atom. The molecule has 0 unspecified atom stereocenters. The monoisotopic (exact) mass is 375 g/mol. The topological polar surface area (TPSA) is 104 Å². The fourth-order valence-corrected chi connectivity index (χ4v) is 3.86. The van der Waals surface area contributed by atoms with Crippen molar-refractivity contribution in [3.8, 4) is 5.75 Å². The molecule has 0 aliphatic rings. The summed E-state index contributed by atoms with van der Waals surface area (Å²) in [5.41, 5.74) is 0.994. The lowest BCUT2D eigenvalue weighted by Gasteiger charge is -2.18. The number of ketones is 1. The van der Waals surface area contributed by atoms with E-state index in [2.05, 4.69) is 4.72 Å². The number of carbonyl (C=O) groups is 1. The Labute approximate surface area is 152 Å². The Hall–Kier alpha value is -2.80. The first-order valence-corrected chi connectivity index (χ1v) is 9.36. The number of carbonyl (C=O) groups excluding carboxylic acids is 1. The molecule has 0 radical (unpaired) electrons. The third-order valence-corrected chi connectivity index (χ3v) is 5.39. The van der Waals surface area contributed by atoms with Crippen LogP contribution in [0.4, 0.5) is 5.69 Å². The van der Waals surface area contributed by atoms with E-state index in [1.165, 1.54) is 32.0 Å². The smallest absolute Gasteiger partial charge is 0.261 e. The summed E-state index contributed by atoms with van der Waals surface area (Å²) in [4.78, 5) is 12.0. The largest absolute Gasteiger partial charge is 0.512 e. The number of rotatable bonds is 5. The molecule has 0 aliphatic heterocycles. The van der Waals surface area contributed by atoms with E-state index < -0.39 is 15.8 Å². The molecule has 0 fully saturated rings. The number of Topliss-reactive ketones (excluding diaryl/α,β-unsaturated/α-hetero) is 1. The first-order chi connectivity index (χ1) is 12.1. The molecule has 0 bridgehead atoms. The zero-order valence-electron chi connectivity index (χ0n) is 15.0. The summed E-state index contributed by atoms with van der Waals surface area (Å²) < 4.78 is 27.7. The van der Waals surface area contributed by atoms with Crippen LogP contribution in [0.2, 0.25) is 0 Å². The highest BCUT2D eigenvalue weighted by molar-refractivity contribution is 7.92. The van der Waals surface area contributed by atoms with Gasteiger partial charge in [-0.25, -0.2) is 8.42 Å². The first-order valence-electron chi connectivity index (χ1n) is 7.88. The number of anilines is 1. The van der Waals surface area contributed by atoms with Crippen molar-refractivity contribution in [2.45, 2.75) is 32.6 Å². The van der Waals surface area contributed by atoms with Crippen LogP contribution in [0.25, 0.3) is 5.57 Å². The number of aliphatic hydroxyl groups excluding tert-OH is 1. The van der Waals surface area contributed by atoms with Crippen LogP contribution >= 0.6 is 0 Å². The molecule has 0 saturated heterocycles. The molecule has 0 heterocycles. The van der Waals surface area contributed by atoms with Crippen molar-refractivity contribution in [1.29, 1.82) is 0 Å². The summed E-state index contributed by atoms with van der Waals surface area (Å²) in [6.07, 6.45) is 0. The molecule has 0 atom stereocenters. The standard InChI is InChI=1S/C19H21NO5S/c1-11-10-16(20-26(24,25)15-8-6-5-7-9-15)12(2)17(19(11)23)18(13(3)21)14(4)22/h5-10,20-21,23H,1-4H3. The van der Waals surface area contributed by atoms with Crippen molar-refractivity contribution in [2.75, 3.05) is 4.72 Å². The maximum Gasteiger partial charge on any atom is 0.261 e. The molecular formula is C19H21NO5S. The number of phenols is 1. The molecule has 2 rings (SSSR count). The number of benzene rings is 2. The third kappa shape index (κ3) is 3.72. The highest BCUT2D eigenvalue weighted by Crippen LogP contribution is 2.38.